The van der Waals surface area contributed by atoms with Crippen LogP contribution in [0.1, 0.15) is 11.3 Å². The molecule has 2 N–H and O–H groups in total. The minimum Gasteiger partial charge on any atom is -0.330 e. The summed E-state index contributed by atoms with van der Waals surface area (Å²) in [5.41, 5.74) is 8.32. The molecule has 0 aromatic carbocycles. The van der Waals surface area contributed by atoms with Crippen LogP contribution >= 0.6 is 11.6 Å². The first-order valence-corrected chi connectivity index (χ1v) is 5.44. The van der Waals surface area contributed by atoms with Gasteiger partial charge in [0.2, 0.25) is 0 Å². The number of nitrogens with zero attached hydrogens (tertiary/aromatic N) is 3. The molecule has 5 heteroatoms. The lowest BCUT2D eigenvalue weighted by molar-refractivity contribution is 0.849. The maximum absolute atomic E-state index is 5.96. The molecule has 2 rings (SSSR count). The van der Waals surface area contributed by atoms with Gasteiger partial charge in [-0.25, -0.2) is 4.68 Å². The van der Waals surface area contributed by atoms with Crippen LogP contribution in [-0.4, -0.2) is 21.3 Å². The van der Waals surface area contributed by atoms with Crippen molar-refractivity contribution in [2.45, 2.75) is 13.3 Å². The molecule has 2 heterocycles. The van der Waals surface area contributed by atoms with Crippen molar-refractivity contribution in [2.24, 2.45) is 5.73 Å². The van der Waals surface area contributed by atoms with Crippen LogP contribution in [0.2, 0.25) is 5.02 Å². The maximum Gasteiger partial charge on any atom is 0.0832 e. The number of aromatic nitrogens is 3. The monoisotopic (exact) mass is 236 g/mol. The van der Waals surface area contributed by atoms with Crippen LogP contribution in [0, 0.1) is 6.92 Å². The predicted molar refractivity (Wildman–Crippen MR) is 63.9 cm³/mol. The van der Waals surface area contributed by atoms with Crippen LogP contribution in [0.4, 0.5) is 0 Å². The molecule has 0 amide bonds. The Morgan fingerprint density at radius 3 is 2.88 bits per heavy atom. The van der Waals surface area contributed by atoms with E-state index >= 15 is 0 Å². The van der Waals surface area contributed by atoms with Crippen molar-refractivity contribution in [2.75, 3.05) is 6.54 Å². The van der Waals surface area contributed by atoms with Gasteiger partial charge >= 0.3 is 0 Å². The van der Waals surface area contributed by atoms with E-state index in [0.717, 1.165) is 23.4 Å². The molecule has 16 heavy (non-hydrogen) atoms. The average Bonchev–Trinajstić information content (AvgIpc) is 2.60. The summed E-state index contributed by atoms with van der Waals surface area (Å²) in [6.45, 7) is 2.49. The summed E-state index contributed by atoms with van der Waals surface area (Å²) in [6, 6.07) is 2.02. The molecule has 0 unspecified atom stereocenters. The highest BCUT2D eigenvalue weighted by Gasteiger charge is 2.04. The lowest BCUT2D eigenvalue weighted by Gasteiger charge is -2.03. The molecule has 0 saturated heterocycles. The van der Waals surface area contributed by atoms with E-state index in [0.29, 0.717) is 11.6 Å². The Kier molecular flexibility index (Phi) is 3.22. The van der Waals surface area contributed by atoms with E-state index in [1.165, 1.54) is 0 Å². The van der Waals surface area contributed by atoms with Gasteiger partial charge in [0.25, 0.3) is 0 Å². The normalized spacial score (nSPS) is 10.7. The van der Waals surface area contributed by atoms with Crippen LogP contribution in [0.3, 0.4) is 0 Å². The van der Waals surface area contributed by atoms with Crippen LogP contribution in [0.25, 0.3) is 5.69 Å². The fourth-order valence-corrected chi connectivity index (χ4v) is 1.60. The Morgan fingerprint density at radius 2 is 2.25 bits per heavy atom. The Bertz CT molecular complexity index is 473. The topological polar surface area (TPSA) is 56.7 Å². The minimum atomic E-state index is 0.615. The molecular weight excluding hydrogens is 224 g/mol. The van der Waals surface area contributed by atoms with E-state index in [1.807, 2.05) is 19.2 Å². The summed E-state index contributed by atoms with van der Waals surface area (Å²) in [5.74, 6) is 0. The van der Waals surface area contributed by atoms with Crippen molar-refractivity contribution in [3.63, 3.8) is 0 Å². The van der Waals surface area contributed by atoms with Crippen molar-refractivity contribution in [1.82, 2.24) is 14.8 Å². The summed E-state index contributed by atoms with van der Waals surface area (Å²) in [7, 11) is 0. The zero-order valence-corrected chi connectivity index (χ0v) is 9.78. The van der Waals surface area contributed by atoms with E-state index in [2.05, 4.69) is 10.1 Å². The summed E-state index contributed by atoms with van der Waals surface area (Å²) >= 11 is 5.96. The lowest BCUT2D eigenvalue weighted by Crippen LogP contribution is -2.04. The molecule has 4 nitrogen and oxygen atoms in total. The number of hydrogen-bond donors (Lipinski definition) is 1. The lowest BCUT2D eigenvalue weighted by atomic mass is 10.2. The third-order valence-corrected chi connectivity index (χ3v) is 2.69. The molecule has 0 fully saturated rings. The highest BCUT2D eigenvalue weighted by Crippen LogP contribution is 2.16. The van der Waals surface area contributed by atoms with Gasteiger partial charge in [0.05, 0.1) is 22.6 Å². The van der Waals surface area contributed by atoms with Crippen LogP contribution < -0.4 is 5.73 Å². The van der Waals surface area contributed by atoms with Crippen LogP contribution in [0.15, 0.2) is 24.7 Å². The van der Waals surface area contributed by atoms with Gasteiger partial charge in [0, 0.05) is 12.4 Å². The molecule has 0 aliphatic rings. The molecule has 0 aliphatic carbocycles. The molecule has 0 bridgehead atoms. The second-order valence-corrected chi connectivity index (χ2v) is 4.00. The van der Waals surface area contributed by atoms with Gasteiger partial charge in [-0.05, 0) is 31.5 Å². The highest BCUT2D eigenvalue weighted by molar-refractivity contribution is 6.31. The first-order valence-electron chi connectivity index (χ1n) is 5.07. The minimum absolute atomic E-state index is 0.615. The zero-order valence-electron chi connectivity index (χ0n) is 9.02. The zero-order chi connectivity index (χ0) is 11.5. The first kappa shape index (κ1) is 11.1. The number of pyridine rings is 1. The van der Waals surface area contributed by atoms with E-state index in [-0.39, 0.29) is 0 Å². The molecular formula is C11H13ClN4. The fraction of sp³-hybridized carbons (Fsp3) is 0.273. The quantitative estimate of drug-likeness (QED) is 0.883. The first-order chi connectivity index (χ1) is 7.70. The van der Waals surface area contributed by atoms with Gasteiger partial charge in [-0.2, -0.15) is 5.10 Å². The molecule has 2 aromatic rings. The molecule has 0 aliphatic heterocycles. The van der Waals surface area contributed by atoms with E-state index in [9.17, 15) is 0 Å². The van der Waals surface area contributed by atoms with Crippen molar-refractivity contribution >= 4 is 11.6 Å². The summed E-state index contributed by atoms with van der Waals surface area (Å²) in [5, 5.41) is 4.95. The molecule has 0 saturated carbocycles. The summed E-state index contributed by atoms with van der Waals surface area (Å²) < 4.78 is 1.73. The van der Waals surface area contributed by atoms with Gasteiger partial charge in [0.15, 0.2) is 0 Å². The van der Waals surface area contributed by atoms with Gasteiger partial charge in [-0.15, -0.1) is 0 Å². The second kappa shape index (κ2) is 4.63. The van der Waals surface area contributed by atoms with Crippen LogP contribution in [0.5, 0.6) is 0 Å². The largest absolute Gasteiger partial charge is 0.330 e. The average molecular weight is 237 g/mol. The number of hydrogen-bond acceptors (Lipinski definition) is 3. The van der Waals surface area contributed by atoms with Crippen molar-refractivity contribution in [3.05, 3.63) is 40.9 Å². The SMILES string of the molecule is Cc1nn(-c2cncc(CCN)c2)cc1Cl. The van der Waals surface area contributed by atoms with Gasteiger partial charge < -0.3 is 5.73 Å². The van der Waals surface area contributed by atoms with E-state index < -0.39 is 0 Å². The maximum atomic E-state index is 5.96. The molecule has 2 aromatic heterocycles. The number of rotatable bonds is 3. The fourth-order valence-electron chi connectivity index (χ4n) is 1.47. The molecule has 0 spiro atoms. The molecule has 0 radical (unpaired) electrons. The summed E-state index contributed by atoms with van der Waals surface area (Å²) in [6.07, 6.45) is 6.16. The van der Waals surface area contributed by atoms with Crippen molar-refractivity contribution in [3.8, 4) is 5.69 Å². The highest BCUT2D eigenvalue weighted by atomic mass is 35.5. The predicted octanol–water partition coefficient (Wildman–Crippen LogP) is 1.73. The second-order valence-electron chi connectivity index (χ2n) is 3.60. The Hall–Kier alpha value is -1.39. The van der Waals surface area contributed by atoms with E-state index in [4.69, 9.17) is 17.3 Å². The van der Waals surface area contributed by atoms with Crippen molar-refractivity contribution in [1.29, 1.82) is 0 Å². The van der Waals surface area contributed by atoms with E-state index in [1.54, 1.807) is 17.1 Å². The third kappa shape index (κ3) is 2.23. The Labute approximate surface area is 99.1 Å². The van der Waals surface area contributed by atoms with Gasteiger partial charge in [-0.3, -0.25) is 4.98 Å². The van der Waals surface area contributed by atoms with Gasteiger partial charge in [-0.1, -0.05) is 11.6 Å². The Balaban J connectivity index is 2.36. The third-order valence-electron chi connectivity index (χ3n) is 2.32. The van der Waals surface area contributed by atoms with Gasteiger partial charge in [0.1, 0.15) is 0 Å². The molecule has 0 atom stereocenters. The smallest absolute Gasteiger partial charge is 0.0832 e. The summed E-state index contributed by atoms with van der Waals surface area (Å²) in [4.78, 5) is 4.16. The standard InChI is InChI=1S/C11H13ClN4/c1-8-11(12)7-16(15-8)10-4-9(2-3-13)5-14-6-10/h4-7H,2-3,13H2,1H3. The number of aryl methyl sites for hydroxylation is 1. The number of nitrogens with two attached hydrogens (primary N) is 1. The molecule has 84 valence electrons. The van der Waals surface area contributed by atoms with Crippen molar-refractivity contribution < 1.29 is 0 Å². The Morgan fingerprint density at radius 1 is 1.44 bits per heavy atom. The van der Waals surface area contributed by atoms with Crippen LogP contribution in [-0.2, 0) is 6.42 Å². The number of halogens is 1.